The van der Waals surface area contributed by atoms with Gasteiger partial charge in [0.2, 0.25) is 15.9 Å². The second-order valence-corrected chi connectivity index (χ2v) is 12.9. The van der Waals surface area contributed by atoms with Crippen LogP contribution in [0.15, 0.2) is 60.8 Å². The van der Waals surface area contributed by atoms with Crippen LogP contribution >= 0.6 is 0 Å². The van der Waals surface area contributed by atoms with Gasteiger partial charge in [0.25, 0.3) is 0 Å². The first-order valence-electron chi connectivity index (χ1n) is 12.4. The van der Waals surface area contributed by atoms with Crippen LogP contribution in [0.4, 0.5) is 0 Å². The highest BCUT2D eigenvalue weighted by atomic mass is 32.2. The van der Waals surface area contributed by atoms with E-state index < -0.39 is 10.0 Å². The van der Waals surface area contributed by atoms with Crippen LogP contribution in [-0.4, -0.2) is 35.0 Å². The van der Waals surface area contributed by atoms with Crippen LogP contribution in [0.3, 0.4) is 0 Å². The van der Waals surface area contributed by atoms with Crippen molar-refractivity contribution in [2.45, 2.75) is 58.5 Å². The van der Waals surface area contributed by atoms with Gasteiger partial charge in [0, 0.05) is 35.5 Å². The van der Waals surface area contributed by atoms with Gasteiger partial charge in [-0.3, -0.25) is 4.79 Å². The molecular formula is C28H32N2O3S. The fourth-order valence-electron chi connectivity index (χ4n) is 7.40. The molecule has 1 amide bonds. The third kappa shape index (κ3) is 3.03. The van der Waals surface area contributed by atoms with Crippen molar-refractivity contribution < 1.29 is 13.2 Å². The average molecular weight is 477 g/mol. The number of hydrogen-bond donors (Lipinski definition) is 0. The Morgan fingerprint density at radius 1 is 1.06 bits per heavy atom. The quantitative estimate of drug-likeness (QED) is 0.521. The van der Waals surface area contributed by atoms with E-state index in [1.165, 1.54) is 9.87 Å². The number of aryl methyl sites for hydroxylation is 1. The molecule has 2 aromatic carbocycles. The van der Waals surface area contributed by atoms with Crippen molar-refractivity contribution in [2.75, 3.05) is 5.75 Å². The van der Waals surface area contributed by atoms with Gasteiger partial charge < -0.3 is 4.57 Å². The summed E-state index contributed by atoms with van der Waals surface area (Å²) in [7, 11) is -3.56. The van der Waals surface area contributed by atoms with Crippen LogP contribution in [0, 0.1) is 16.7 Å². The Labute approximate surface area is 201 Å². The predicted molar refractivity (Wildman–Crippen MR) is 134 cm³/mol. The summed E-state index contributed by atoms with van der Waals surface area (Å²) < 4.78 is 30.0. The number of fused-ring (bicyclic) bond motifs is 2. The molecule has 2 bridgehead atoms. The van der Waals surface area contributed by atoms with Gasteiger partial charge >= 0.3 is 0 Å². The Balaban J connectivity index is 1.25. The van der Waals surface area contributed by atoms with Crippen LogP contribution in [0.2, 0.25) is 0 Å². The lowest BCUT2D eigenvalue weighted by Crippen LogP contribution is -2.44. The topological polar surface area (TPSA) is 59.4 Å². The van der Waals surface area contributed by atoms with E-state index in [0.29, 0.717) is 12.3 Å². The second kappa shape index (κ2) is 7.45. The summed E-state index contributed by atoms with van der Waals surface area (Å²) in [6.45, 7) is 5.20. The number of carbonyl (C=O) groups excluding carboxylic acids is 1. The molecule has 1 spiro atoms. The van der Waals surface area contributed by atoms with Crippen LogP contribution in [0.1, 0.15) is 50.7 Å². The number of carbonyl (C=O) groups is 1. The Morgan fingerprint density at radius 3 is 2.56 bits per heavy atom. The second-order valence-electron chi connectivity index (χ2n) is 11.1. The predicted octanol–water partition coefficient (Wildman–Crippen LogP) is 4.99. The normalized spacial score (nSPS) is 28.5. The minimum Gasteiger partial charge on any atom is -0.343 e. The molecule has 178 valence electrons. The smallest absolute Gasteiger partial charge is 0.238 e. The fraction of sp³-hybridized carbons (Fsp3) is 0.464. The maximum Gasteiger partial charge on any atom is 0.238 e. The number of sulfonamides is 1. The number of hydrogen-bond acceptors (Lipinski definition) is 3. The SMILES string of the molecule is CC1(C)[C@H]2CC[C@@]13CS(=O)(=O)N(C(=O)CCc1cn(Cc4ccccc4)c4ccccc14)[C@H]3C2. The van der Waals surface area contributed by atoms with Crippen molar-refractivity contribution in [3.05, 3.63) is 71.9 Å². The molecule has 6 heteroatoms. The van der Waals surface area contributed by atoms with Gasteiger partial charge in [-0.05, 0) is 54.2 Å². The zero-order valence-electron chi connectivity index (χ0n) is 19.9. The first kappa shape index (κ1) is 21.9. The Morgan fingerprint density at radius 2 is 1.79 bits per heavy atom. The van der Waals surface area contributed by atoms with Crippen LogP contribution in [0.25, 0.3) is 10.9 Å². The van der Waals surface area contributed by atoms with Crippen molar-refractivity contribution in [1.82, 2.24) is 8.87 Å². The Hall–Kier alpha value is -2.60. The number of rotatable bonds is 5. The molecule has 2 aliphatic carbocycles. The van der Waals surface area contributed by atoms with E-state index in [-0.39, 0.29) is 35.0 Å². The highest BCUT2D eigenvalue weighted by Gasteiger charge is 2.72. The van der Waals surface area contributed by atoms with E-state index in [4.69, 9.17) is 0 Å². The van der Waals surface area contributed by atoms with E-state index in [2.05, 4.69) is 48.9 Å². The molecule has 1 aliphatic heterocycles. The lowest BCUT2D eigenvalue weighted by Gasteiger charge is -2.37. The zero-order valence-corrected chi connectivity index (χ0v) is 20.7. The molecule has 3 aromatic rings. The van der Waals surface area contributed by atoms with E-state index >= 15 is 0 Å². The minimum absolute atomic E-state index is 0.0232. The molecule has 3 fully saturated rings. The van der Waals surface area contributed by atoms with Crippen LogP contribution in [-0.2, 0) is 27.8 Å². The number of nitrogens with zero attached hydrogens (tertiary/aromatic N) is 2. The van der Waals surface area contributed by atoms with E-state index in [0.717, 1.165) is 42.3 Å². The number of benzene rings is 2. The van der Waals surface area contributed by atoms with Crippen molar-refractivity contribution in [3.63, 3.8) is 0 Å². The standard InChI is InChI=1S/C28H32N2O3S/c1-27(2)22-14-15-28(27)19-34(32,33)30(25(28)16-22)26(31)13-12-21-18-29(17-20-8-4-3-5-9-20)24-11-7-6-10-23(21)24/h3-11,18,22,25H,12-17,19H2,1-2H3/t22-,25-,28-/m0/s1. The number of para-hydroxylation sites is 1. The monoisotopic (exact) mass is 476 g/mol. The maximum atomic E-state index is 13.4. The van der Waals surface area contributed by atoms with Crippen molar-refractivity contribution in [1.29, 1.82) is 0 Å². The summed E-state index contributed by atoms with van der Waals surface area (Å²) in [5.41, 5.74) is 3.16. The number of amides is 1. The molecule has 6 rings (SSSR count). The minimum atomic E-state index is -3.56. The molecule has 2 saturated carbocycles. The van der Waals surface area contributed by atoms with Gasteiger partial charge in [0.1, 0.15) is 0 Å². The van der Waals surface area contributed by atoms with Crippen molar-refractivity contribution in [2.24, 2.45) is 16.7 Å². The summed E-state index contributed by atoms with van der Waals surface area (Å²) in [5.74, 6) is 0.417. The van der Waals surface area contributed by atoms with Crippen molar-refractivity contribution >= 4 is 26.8 Å². The number of aromatic nitrogens is 1. The highest BCUT2D eigenvalue weighted by molar-refractivity contribution is 7.90. The summed E-state index contributed by atoms with van der Waals surface area (Å²) in [4.78, 5) is 13.4. The third-order valence-electron chi connectivity index (χ3n) is 9.33. The van der Waals surface area contributed by atoms with Gasteiger partial charge in [0.15, 0.2) is 0 Å². The molecule has 5 nitrogen and oxygen atoms in total. The largest absolute Gasteiger partial charge is 0.343 e. The fourth-order valence-corrected chi connectivity index (χ4v) is 9.98. The molecule has 34 heavy (non-hydrogen) atoms. The van der Waals surface area contributed by atoms with E-state index in [1.54, 1.807) is 0 Å². The Bertz CT molecular complexity index is 1380. The molecule has 0 unspecified atom stereocenters. The summed E-state index contributed by atoms with van der Waals surface area (Å²) in [5, 5.41) is 1.13. The average Bonchev–Trinajstić information content (AvgIpc) is 3.43. The van der Waals surface area contributed by atoms with Gasteiger partial charge in [-0.15, -0.1) is 0 Å². The van der Waals surface area contributed by atoms with Gasteiger partial charge in [-0.2, -0.15) is 0 Å². The molecule has 0 N–H and O–H groups in total. The molecule has 3 aliphatic rings. The molecular weight excluding hydrogens is 444 g/mol. The van der Waals surface area contributed by atoms with Crippen LogP contribution in [0.5, 0.6) is 0 Å². The van der Waals surface area contributed by atoms with Gasteiger partial charge in [0.05, 0.1) is 11.8 Å². The molecule has 1 saturated heterocycles. The lowest BCUT2D eigenvalue weighted by molar-refractivity contribution is -0.129. The molecule has 2 heterocycles. The molecule has 3 atom stereocenters. The summed E-state index contributed by atoms with van der Waals surface area (Å²) in [6.07, 6.45) is 5.73. The van der Waals surface area contributed by atoms with Gasteiger partial charge in [-0.25, -0.2) is 12.7 Å². The van der Waals surface area contributed by atoms with E-state index in [9.17, 15) is 13.2 Å². The van der Waals surface area contributed by atoms with E-state index in [1.807, 2.05) is 30.3 Å². The Kier molecular flexibility index (Phi) is 4.80. The first-order valence-corrected chi connectivity index (χ1v) is 14.0. The van der Waals surface area contributed by atoms with Crippen molar-refractivity contribution in [3.8, 4) is 0 Å². The van der Waals surface area contributed by atoms with Crippen LogP contribution < -0.4 is 0 Å². The van der Waals surface area contributed by atoms with Gasteiger partial charge in [-0.1, -0.05) is 62.4 Å². The first-order chi connectivity index (χ1) is 16.2. The summed E-state index contributed by atoms with van der Waals surface area (Å²) in [6, 6.07) is 18.4. The molecule has 1 aromatic heterocycles. The lowest BCUT2D eigenvalue weighted by atomic mass is 9.69. The molecule has 0 radical (unpaired) electrons. The maximum absolute atomic E-state index is 13.4. The summed E-state index contributed by atoms with van der Waals surface area (Å²) >= 11 is 0. The third-order valence-corrected chi connectivity index (χ3v) is 11.3. The zero-order chi connectivity index (χ0) is 23.7. The highest BCUT2D eigenvalue weighted by Crippen LogP contribution is 2.70.